The average molecular weight is 399 g/mol. The summed E-state index contributed by atoms with van der Waals surface area (Å²) in [4.78, 5) is 37.6. The molecule has 3 rings (SSSR count). The second-order valence-electron chi connectivity index (χ2n) is 5.94. The molecule has 0 bridgehead atoms. The van der Waals surface area contributed by atoms with Gasteiger partial charge in [-0.05, 0) is 43.3 Å². The second-order valence-corrected chi connectivity index (χ2v) is 6.38. The number of ether oxygens (including phenoxy) is 1. The molecule has 0 fully saturated rings. The van der Waals surface area contributed by atoms with Gasteiger partial charge in [0, 0.05) is 22.5 Å². The molecule has 1 aliphatic rings. The van der Waals surface area contributed by atoms with Crippen LogP contribution in [0.3, 0.4) is 0 Å². The van der Waals surface area contributed by atoms with Gasteiger partial charge in [0.05, 0.1) is 28.7 Å². The van der Waals surface area contributed by atoms with E-state index in [0.717, 1.165) is 0 Å². The molecule has 0 aliphatic carbocycles. The van der Waals surface area contributed by atoms with E-state index in [4.69, 9.17) is 16.3 Å². The number of benzene rings is 2. The average Bonchev–Trinajstić information content (AvgIpc) is 2.92. The van der Waals surface area contributed by atoms with Crippen LogP contribution in [0, 0.1) is 10.1 Å². The molecule has 2 aromatic carbocycles. The lowest BCUT2D eigenvalue weighted by molar-refractivity contribution is -0.385. The number of carbonyl (C=O) groups is 2. The van der Waals surface area contributed by atoms with E-state index in [0.29, 0.717) is 16.4 Å². The van der Waals surface area contributed by atoms with Gasteiger partial charge in [0.2, 0.25) is 0 Å². The zero-order chi connectivity index (χ0) is 20.4. The van der Waals surface area contributed by atoms with Crippen molar-refractivity contribution in [2.45, 2.75) is 6.92 Å². The van der Waals surface area contributed by atoms with E-state index in [1.165, 1.54) is 36.3 Å². The third kappa shape index (κ3) is 3.39. The van der Waals surface area contributed by atoms with Crippen LogP contribution in [0.5, 0.6) is 0 Å². The Morgan fingerprint density at radius 2 is 1.82 bits per heavy atom. The molecule has 0 unspecified atom stereocenters. The topological polar surface area (TPSA) is 89.8 Å². The number of para-hydroxylation sites is 1. The van der Waals surface area contributed by atoms with Gasteiger partial charge < -0.3 is 4.74 Å². The van der Waals surface area contributed by atoms with Crippen molar-refractivity contribution in [2.24, 2.45) is 0 Å². The van der Waals surface area contributed by atoms with E-state index in [-0.39, 0.29) is 22.4 Å². The van der Waals surface area contributed by atoms with E-state index < -0.39 is 16.8 Å². The van der Waals surface area contributed by atoms with Gasteiger partial charge in [-0.2, -0.15) is 0 Å². The van der Waals surface area contributed by atoms with E-state index in [1.54, 1.807) is 37.3 Å². The Morgan fingerprint density at radius 1 is 1.18 bits per heavy atom. The number of hydrogen-bond donors (Lipinski definition) is 0. The number of anilines is 1. The maximum atomic E-state index is 13.1. The number of nitrogens with zero attached hydrogens (tertiary/aromatic N) is 2. The lowest BCUT2D eigenvalue weighted by Crippen LogP contribution is -2.24. The van der Waals surface area contributed by atoms with Gasteiger partial charge in [0.15, 0.2) is 0 Å². The number of nitro benzene ring substituents is 1. The summed E-state index contributed by atoms with van der Waals surface area (Å²) in [5.74, 6) is -1.19. The fraction of sp³-hybridized carbons (Fsp3) is 0.100. The maximum Gasteiger partial charge on any atom is 0.340 e. The highest BCUT2D eigenvalue weighted by atomic mass is 35.5. The molecule has 2 aromatic rings. The molecule has 7 nitrogen and oxygen atoms in total. The lowest BCUT2D eigenvalue weighted by atomic mass is 10.0. The Kier molecular flexibility index (Phi) is 5.28. The minimum Gasteiger partial charge on any atom is -0.465 e. The lowest BCUT2D eigenvalue weighted by Gasteiger charge is -2.17. The van der Waals surface area contributed by atoms with Crippen LogP contribution in [-0.4, -0.2) is 23.9 Å². The number of rotatable bonds is 4. The highest BCUT2D eigenvalue weighted by Crippen LogP contribution is 2.36. The van der Waals surface area contributed by atoms with Gasteiger partial charge in [0.25, 0.3) is 11.6 Å². The first kappa shape index (κ1) is 19.3. The zero-order valence-corrected chi connectivity index (χ0v) is 15.8. The van der Waals surface area contributed by atoms with E-state index in [2.05, 4.69) is 0 Å². The monoisotopic (exact) mass is 398 g/mol. The van der Waals surface area contributed by atoms with E-state index in [9.17, 15) is 19.7 Å². The van der Waals surface area contributed by atoms with Gasteiger partial charge in [-0.25, -0.2) is 4.79 Å². The van der Waals surface area contributed by atoms with Crippen LogP contribution in [-0.2, 0) is 14.3 Å². The summed E-state index contributed by atoms with van der Waals surface area (Å²) in [5, 5.41) is 11.8. The van der Waals surface area contributed by atoms with Gasteiger partial charge in [-0.1, -0.05) is 23.7 Å². The third-order valence-corrected chi connectivity index (χ3v) is 4.56. The number of allylic oxidation sites excluding steroid dienone is 1. The number of nitro groups is 1. The van der Waals surface area contributed by atoms with E-state index in [1.807, 2.05) is 0 Å². The minimum atomic E-state index is -0.702. The van der Waals surface area contributed by atoms with Crippen LogP contribution in [0.2, 0.25) is 5.02 Å². The number of esters is 1. The van der Waals surface area contributed by atoms with Crippen molar-refractivity contribution in [2.75, 3.05) is 12.0 Å². The SMILES string of the molecule is COC(=O)C1=C(C)N(c2ccc(Cl)cc2)C(=O)/C1=C\c1ccccc1[N+](=O)[O-]. The van der Waals surface area contributed by atoms with Crippen LogP contribution in [0.15, 0.2) is 65.4 Å². The molecule has 8 heteroatoms. The van der Waals surface area contributed by atoms with Crippen LogP contribution < -0.4 is 4.90 Å². The zero-order valence-electron chi connectivity index (χ0n) is 15.0. The van der Waals surface area contributed by atoms with Crippen LogP contribution in [0.1, 0.15) is 12.5 Å². The summed E-state index contributed by atoms with van der Waals surface area (Å²) in [7, 11) is 1.21. The summed E-state index contributed by atoms with van der Waals surface area (Å²) in [6.07, 6.45) is 1.34. The molecule has 0 atom stereocenters. The van der Waals surface area contributed by atoms with Crippen molar-refractivity contribution < 1.29 is 19.2 Å². The number of methoxy groups -OCH3 is 1. The Morgan fingerprint density at radius 3 is 2.43 bits per heavy atom. The fourth-order valence-electron chi connectivity index (χ4n) is 3.01. The maximum absolute atomic E-state index is 13.1. The Labute approximate surface area is 165 Å². The summed E-state index contributed by atoms with van der Waals surface area (Å²) in [5.41, 5.74) is 0.995. The first-order valence-electron chi connectivity index (χ1n) is 8.20. The van der Waals surface area contributed by atoms with Gasteiger partial charge in [-0.3, -0.25) is 19.8 Å². The van der Waals surface area contributed by atoms with Crippen molar-refractivity contribution >= 4 is 40.9 Å². The summed E-state index contributed by atoms with van der Waals surface area (Å²) in [6, 6.07) is 12.5. The first-order valence-corrected chi connectivity index (χ1v) is 8.57. The summed E-state index contributed by atoms with van der Waals surface area (Å²) < 4.78 is 4.83. The van der Waals surface area contributed by atoms with Crippen molar-refractivity contribution in [3.63, 3.8) is 0 Å². The van der Waals surface area contributed by atoms with Crippen molar-refractivity contribution in [3.05, 3.63) is 86.1 Å². The van der Waals surface area contributed by atoms with Crippen molar-refractivity contribution in [1.29, 1.82) is 0 Å². The molecule has 0 saturated carbocycles. The molecule has 0 aromatic heterocycles. The van der Waals surface area contributed by atoms with Crippen molar-refractivity contribution in [1.82, 2.24) is 0 Å². The van der Waals surface area contributed by atoms with Crippen LogP contribution >= 0.6 is 11.6 Å². The van der Waals surface area contributed by atoms with Crippen molar-refractivity contribution in [3.8, 4) is 0 Å². The highest BCUT2D eigenvalue weighted by molar-refractivity contribution is 6.30. The molecule has 1 aliphatic heterocycles. The molecular weight excluding hydrogens is 384 g/mol. The molecule has 0 radical (unpaired) electrons. The number of amides is 1. The largest absolute Gasteiger partial charge is 0.465 e. The molecule has 1 amide bonds. The normalized spacial score (nSPS) is 15.3. The molecule has 142 valence electrons. The number of halogens is 1. The molecule has 28 heavy (non-hydrogen) atoms. The Balaban J connectivity index is 2.18. The molecule has 0 saturated heterocycles. The van der Waals surface area contributed by atoms with Gasteiger partial charge in [0.1, 0.15) is 0 Å². The minimum absolute atomic E-state index is 0.0219. The van der Waals surface area contributed by atoms with Gasteiger partial charge >= 0.3 is 5.97 Å². The highest BCUT2D eigenvalue weighted by Gasteiger charge is 2.38. The smallest absolute Gasteiger partial charge is 0.340 e. The Bertz CT molecular complexity index is 1040. The quantitative estimate of drug-likeness (QED) is 0.334. The second kappa shape index (κ2) is 7.66. The number of carbonyl (C=O) groups excluding carboxylic acids is 2. The standard InChI is InChI=1S/C20H15ClN2O5/c1-12-18(20(25)28-2)16(11-13-5-3-4-6-17(13)23(26)27)19(24)22(12)15-9-7-14(21)8-10-15/h3-11H,1-2H3/b16-11-. The predicted octanol–water partition coefficient (Wildman–Crippen LogP) is 4.13. The van der Waals surface area contributed by atoms with Crippen LogP contribution in [0.25, 0.3) is 6.08 Å². The predicted molar refractivity (Wildman–Crippen MR) is 105 cm³/mol. The molecule has 0 N–H and O–H groups in total. The Hall–Kier alpha value is -3.45. The summed E-state index contributed by atoms with van der Waals surface area (Å²) in [6.45, 7) is 1.61. The molecule has 1 heterocycles. The van der Waals surface area contributed by atoms with E-state index >= 15 is 0 Å². The summed E-state index contributed by atoms with van der Waals surface area (Å²) >= 11 is 5.91. The van der Waals surface area contributed by atoms with Gasteiger partial charge in [-0.15, -0.1) is 0 Å². The van der Waals surface area contributed by atoms with Crippen LogP contribution in [0.4, 0.5) is 11.4 Å². The fourth-order valence-corrected chi connectivity index (χ4v) is 3.14. The molecule has 0 spiro atoms. The number of hydrogen-bond acceptors (Lipinski definition) is 5. The third-order valence-electron chi connectivity index (χ3n) is 4.31. The molecular formula is C20H15ClN2O5. The first-order chi connectivity index (χ1) is 13.3.